The second-order valence-corrected chi connectivity index (χ2v) is 4.87. The number of anilines is 1. The molecule has 0 aliphatic rings. The minimum Gasteiger partial charge on any atom is -0.278 e. The predicted octanol–water partition coefficient (Wildman–Crippen LogP) is 4.39. The molecule has 0 bridgehead atoms. The van der Waals surface area contributed by atoms with Gasteiger partial charge in [-0.15, -0.1) is 0 Å². The van der Waals surface area contributed by atoms with E-state index in [2.05, 4.69) is 23.8 Å². The molecule has 0 aromatic carbocycles. The van der Waals surface area contributed by atoms with Crippen molar-refractivity contribution in [3.63, 3.8) is 0 Å². The standard InChI is InChI=1S/C15H25N3O.C2H6/c1-5-8-9-13-10-16-15(17-11-13)18(12(4)6-2)14(19)7-3;1-2/h10-12H,5-9H2,1-4H3;1-2H3. The topological polar surface area (TPSA) is 46.1 Å². The lowest BCUT2D eigenvalue weighted by atomic mass is 10.1. The molecule has 0 saturated carbocycles. The highest BCUT2D eigenvalue weighted by Gasteiger charge is 2.21. The van der Waals surface area contributed by atoms with Crippen LogP contribution in [0.15, 0.2) is 12.4 Å². The second-order valence-electron chi connectivity index (χ2n) is 4.87. The van der Waals surface area contributed by atoms with E-state index in [1.165, 1.54) is 0 Å². The number of hydrogen-bond donors (Lipinski definition) is 0. The maximum absolute atomic E-state index is 12.0. The Morgan fingerprint density at radius 3 is 2.19 bits per heavy atom. The monoisotopic (exact) mass is 293 g/mol. The smallest absolute Gasteiger partial charge is 0.232 e. The second kappa shape index (κ2) is 11.2. The van der Waals surface area contributed by atoms with Gasteiger partial charge in [0.25, 0.3) is 0 Å². The number of carbonyl (C=O) groups is 1. The Hall–Kier alpha value is -1.45. The summed E-state index contributed by atoms with van der Waals surface area (Å²) < 4.78 is 0. The third-order valence-corrected chi connectivity index (χ3v) is 3.33. The zero-order valence-electron chi connectivity index (χ0n) is 14.5. The van der Waals surface area contributed by atoms with Gasteiger partial charge in [0.05, 0.1) is 0 Å². The van der Waals surface area contributed by atoms with Crippen molar-refractivity contribution in [1.29, 1.82) is 0 Å². The molecule has 4 nitrogen and oxygen atoms in total. The van der Waals surface area contributed by atoms with E-state index >= 15 is 0 Å². The third-order valence-electron chi connectivity index (χ3n) is 3.33. The molecule has 0 saturated heterocycles. The minimum absolute atomic E-state index is 0.0793. The van der Waals surface area contributed by atoms with Gasteiger partial charge in [-0.25, -0.2) is 9.97 Å². The summed E-state index contributed by atoms with van der Waals surface area (Å²) in [6, 6.07) is 0.133. The van der Waals surface area contributed by atoms with Crippen LogP contribution in [0.4, 0.5) is 5.95 Å². The Kier molecular flexibility index (Phi) is 10.5. The molecule has 0 aliphatic heterocycles. The quantitative estimate of drug-likeness (QED) is 0.749. The Bertz CT molecular complexity index is 390. The largest absolute Gasteiger partial charge is 0.278 e. The fraction of sp³-hybridized carbons (Fsp3) is 0.706. The zero-order chi connectivity index (χ0) is 16.3. The van der Waals surface area contributed by atoms with Crippen molar-refractivity contribution in [1.82, 2.24) is 9.97 Å². The first kappa shape index (κ1) is 19.6. The van der Waals surface area contributed by atoms with Crippen molar-refractivity contribution in [3.8, 4) is 0 Å². The minimum atomic E-state index is 0.0793. The lowest BCUT2D eigenvalue weighted by Crippen LogP contribution is -2.39. The maximum Gasteiger partial charge on any atom is 0.232 e. The summed E-state index contributed by atoms with van der Waals surface area (Å²) >= 11 is 0. The van der Waals surface area contributed by atoms with Crippen LogP contribution in [0.5, 0.6) is 0 Å². The Labute approximate surface area is 130 Å². The SMILES string of the molecule is CC.CCCCc1cnc(N(C(=O)CC)C(C)CC)nc1. The van der Waals surface area contributed by atoms with E-state index < -0.39 is 0 Å². The fourth-order valence-corrected chi connectivity index (χ4v) is 1.89. The van der Waals surface area contributed by atoms with E-state index in [0.717, 1.165) is 31.2 Å². The zero-order valence-corrected chi connectivity index (χ0v) is 14.5. The maximum atomic E-state index is 12.0. The Balaban J connectivity index is 0.00000191. The van der Waals surface area contributed by atoms with Crippen LogP contribution in [0.2, 0.25) is 0 Å². The van der Waals surface area contributed by atoms with E-state index in [9.17, 15) is 4.79 Å². The first-order valence-corrected chi connectivity index (χ1v) is 8.26. The van der Waals surface area contributed by atoms with Gasteiger partial charge in [-0.3, -0.25) is 9.69 Å². The van der Waals surface area contributed by atoms with Gasteiger partial charge >= 0.3 is 0 Å². The molecule has 1 unspecified atom stereocenters. The summed E-state index contributed by atoms with van der Waals surface area (Å²) in [6.07, 6.45) is 8.37. The van der Waals surface area contributed by atoms with Gasteiger partial charge in [0.1, 0.15) is 0 Å². The van der Waals surface area contributed by atoms with Gasteiger partial charge in [-0.2, -0.15) is 0 Å². The molecule has 1 rings (SSSR count). The van der Waals surface area contributed by atoms with Gasteiger partial charge in [-0.05, 0) is 31.7 Å². The van der Waals surface area contributed by atoms with E-state index in [1.54, 1.807) is 4.90 Å². The number of amides is 1. The average molecular weight is 293 g/mol. The molecule has 0 spiro atoms. The van der Waals surface area contributed by atoms with Crippen LogP contribution in [0.1, 0.15) is 72.8 Å². The summed E-state index contributed by atoms with van der Waals surface area (Å²) in [5.41, 5.74) is 1.14. The number of aromatic nitrogens is 2. The van der Waals surface area contributed by atoms with Gasteiger partial charge < -0.3 is 0 Å². The number of rotatable bonds is 7. The molecule has 1 heterocycles. The summed E-state index contributed by atoms with van der Waals surface area (Å²) in [5.74, 6) is 0.608. The van der Waals surface area contributed by atoms with Crippen molar-refractivity contribution >= 4 is 11.9 Å². The molecule has 4 heteroatoms. The number of nitrogens with zero attached hydrogens (tertiary/aromatic N) is 3. The van der Waals surface area contributed by atoms with E-state index in [1.807, 2.05) is 40.1 Å². The lowest BCUT2D eigenvalue weighted by Gasteiger charge is -2.26. The van der Waals surface area contributed by atoms with Crippen LogP contribution in [0, 0.1) is 0 Å². The summed E-state index contributed by atoms with van der Waals surface area (Å²) in [7, 11) is 0. The van der Waals surface area contributed by atoms with E-state index in [4.69, 9.17) is 0 Å². The number of unbranched alkanes of at least 4 members (excludes halogenated alkanes) is 1. The highest BCUT2D eigenvalue weighted by molar-refractivity contribution is 5.91. The van der Waals surface area contributed by atoms with Crippen LogP contribution in [0.25, 0.3) is 0 Å². The molecule has 0 fully saturated rings. The van der Waals surface area contributed by atoms with Crippen molar-refractivity contribution in [2.75, 3.05) is 4.90 Å². The molecule has 21 heavy (non-hydrogen) atoms. The lowest BCUT2D eigenvalue weighted by molar-refractivity contribution is -0.118. The van der Waals surface area contributed by atoms with Crippen LogP contribution in [-0.4, -0.2) is 21.9 Å². The summed E-state index contributed by atoms with van der Waals surface area (Å²) in [5, 5.41) is 0. The van der Waals surface area contributed by atoms with Crippen LogP contribution in [0.3, 0.4) is 0 Å². The van der Waals surface area contributed by atoms with Crippen molar-refractivity contribution in [3.05, 3.63) is 18.0 Å². The van der Waals surface area contributed by atoms with Crippen LogP contribution < -0.4 is 4.90 Å². The molecule has 0 N–H and O–H groups in total. The summed E-state index contributed by atoms with van der Waals surface area (Å²) in [4.78, 5) is 22.5. The highest BCUT2D eigenvalue weighted by atomic mass is 16.2. The first-order valence-electron chi connectivity index (χ1n) is 8.26. The summed E-state index contributed by atoms with van der Waals surface area (Å²) in [6.45, 7) is 12.1. The molecule has 0 aliphatic carbocycles. The van der Waals surface area contributed by atoms with Gasteiger partial charge in [0, 0.05) is 24.9 Å². The van der Waals surface area contributed by atoms with Crippen molar-refractivity contribution in [2.24, 2.45) is 0 Å². The first-order chi connectivity index (χ1) is 10.1. The van der Waals surface area contributed by atoms with Crippen LogP contribution in [-0.2, 0) is 11.2 Å². The van der Waals surface area contributed by atoms with Crippen molar-refractivity contribution in [2.45, 2.75) is 79.7 Å². The number of hydrogen-bond acceptors (Lipinski definition) is 3. The molecule has 1 atom stereocenters. The number of aryl methyl sites for hydroxylation is 1. The molecular formula is C17H31N3O. The normalized spacial score (nSPS) is 11.3. The molecule has 1 aromatic heterocycles. The predicted molar refractivity (Wildman–Crippen MR) is 89.5 cm³/mol. The molecule has 1 amide bonds. The third kappa shape index (κ3) is 6.23. The molecule has 0 radical (unpaired) electrons. The van der Waals surface area contributed by atoms with Gasteiger partial charge in [-0.1, -0.05) is 41.0 Å². The van der Waals surface area contributed by atoms with E-state index in [0.29, 0.717) is 12.4 Å². The average Bonchev–Trinajstić information content (AvgIpc) is 2.55. The van der Waals surface area contributed by atoms with Gasteiger partial charge in [0.15, 0.2) is 0 Å². The molecular weight excluding hydrogens is 262 g/mol. The highest BCUT2D eigenvalue weighted by Crippen LogP contribution is 2.15. The van der Waals surface area contributed by atoms with Crippen molar-refractivity contribution < 1.29 is 4.79 Å². The van der Waals surface area contributed by atoms with Gasteiger partial charge in [0.2, 0.25) is 11.9 Å². The number of carbonyl (C=O) groups excluding carboxylic acids is 1. The Morgan fingerprint density at radius 2 is 1.76 bits per heavy atom. The van der Waals surface area contributed by atoms with E-state index in [-0.39, 0.29) is 11.9 Å². The van der Waals surface area contributed by atoms with Crippen LogP contribution >= 0.6 is 0 Å². The molecule has 1 aromatic rings. The molecule has 120 valence electrons. The fourth-order valence-electron chi connectivity index (χ4n) is 1.89. The Morgan fingerprint density at radius 1 is 1.19 bits per heavy atom.